The fraction of sp³-hybridized carbons (Fsp3) is 0.263. The highest BCUT2D eigenvalue weighted by molar-refractivity contribution is 6.07. The van der Waals surface area contributed by atoms with E-state index in [9.17, 15) is 4.79 Å². The van der Waals surface area contributed by atoms with Crippen LogP contribution in [0.1, 0.15) is 15.9 Å². The van der Waals surface area contributed by atoms with Crippen molar-refractivity contribution in [1.82, 2.24) is 19.8 Å². The Morgan fingerprint density at radius 2 is 2.12 bits per heavy atom. The number of carbonyl (C=O) groups is 1. The summed E-state index contributed by atoms with van der Waals surface area (Å²) in [6, 6.07) is 12.4. The van der Waals surface area contributed by atoms with E-state index in [0.717, 1.165) is 36.1 Å². The second kappa shape index (κ2) is 6.09. The van der Waals surface area contributed by atoms with Gasteiger partial charge < -0.3 is 9.88 Å². The number of carbonyl (C=O) groups excluding carboxylic acids is 1. The van der Waals surface area contributed by atoms with Crippen LogP contribution in [0.3, 0.4) is 0 Å². The fourth-order valence-corrected chi connectivity index (χ4v) is 3.23. The molecule has 0 unspecified atom stereocenters. The van der Waals surface area contributed by atoms with E-state index in [2.05, 4.69) is 28.0 Å². The molecule has 0 bridgehead atoms. The molecule has 1 aliphatic heterocycles. The van der Waals surface area contributed by atoms with Gasteiger partial charge in [-0.05, 0) is 24.7 Å². The Hall–Kier alpha value is -2.66. The number of fused-ring (bicyclic) bond motifs is 1. The molecule has 1 aliphatic rings. The van der Waals surface area contributed by atoms with E-state index < -0.39 is 0 Å². The van der Waals surface area contributed by atoms with E-state index in [1.54, 1.807) is 6.20 Å². The van der Waals surface area contributed by atoms with E-state index in [-0.39, 0.29) is 5.91 Å². The molecule has 0 aliphatic carbocycles. The predicted molar refractivity (Wildman–Crippen MR) is 93.7 cm³/mol. The van der Waals surface area contributed by atoms with Gasteiger partial charge in [0.2, 0.25) is 0 Å². The third-order valence-electron chi connectivity index (χ3n) is 4.75. The number of rotatable bonds is 4. The molecular formula is C19H20N4O. The first kappa shape index (κ1) is 14.9. The molecule has 4 rings (SSSR count). The van der Waals surface area contributed by atoms with Gasteiger partial charge in [0, 0.05) is 55.2 Å². The van der Waals surface area contributed by atoms with Crippen LogP contribution in [0.4, 0.5) is 0 Å². The molecule has 1 N–H and O–H groups in total. The maximum absolute atomic E-state index is 12.7. The lowest BCUT2D eigenvalue weighted by Crippen LogP contribution is -2.59. The molecule has 24 heavy (non-hydrogen) atoms. The number of aromatic nitrogens is 2. The molecule has 2 aromatic heterocycles. The van der Waals surface area contributed by atoms with Crippen molar-refractivity contribution in [3.05, 3.63) is 66.1 Å². The van der Waals surface area contributed by atoms with Gasteiger partial charge in [-0.3, -0.25) is 14.7 Å². The average molecular weight is 320 g/mol. The van der Waals surface area contributed by atoms with Crippen LogP contribution in [-0.4, -0.2) is 51.9 Å². The van der Waals surface area contributed by atoms with Gasteiger partial charge in [-0.2, -0.15) is 0 Å². The van der Waals surface area contributed by atoms with Crippen LogP contribution in [0.25, 0.3) is 10.9 Å². The van der Waals surface area contributed by atoms with Gasteiger partial charge in [-0.1, -0.05) is 24.3 Å². The third kappa shape index (κ3) is 2.67. The number of hydrogen-bond donors (Lipinski definition) is 1. The van der Waals surface area contributed by atoms with Gasteiger partial charge in [0.1, 0.15) is 0 Å². The first-order chi connectivity index (χ1) is 11.7. The number of aromatic amines is 1. The highest BCUT2D eigenvalue weighted by Gasteiger charge is 2.34. The van der Waals surface area contributed by atoms with Gasteiger partial charge in [-0.25, -0.2) is 0 Å². The smallest absolute Gasteiger partial charge is 0.256 e. The van der Waals surface area contributed by atoms with E-state index in [0.29, 0.717) is 6.04 Å². The van der Waals surface area contributed by atoms with Crippen LogP contribution >= 0.6 is 0 Å². The first-order valence-corrected chi connectivity index (χ1v) is 8.17. The Morgan fingerprint density at radius 3 is 2.92 bits per heavy atom. The Bertz CT molecular complexity index is 852. The molecule has 1 aromatic carbocycles. The summed E-state index contributed by atoms with van der Waals surface area (Å²) in [5.41, 5.74) is 2.96. The van der Waals surface area contributed by atoms with Crippen molar-refractivity contribution < 1.29 is 4.79 Å². The Kier molecular flexibility index (Phi) is 3.78. The molecule has 5 heteroatoms. The Labute approximate surface area is 140 Å². The summed E-state index contributed by atoms with van der Waals surface area (Å²) in [5, 5.41) is 0.995. The monoisotopic (exact) mass is 320 g/mol. The Morgan fingerprint density at radius 1 is 1.29 bits per heavy atom. The van der Waals surface area contributed by atoms with E-state index in [4.69, 9.17) is 0 Å². The molecule has 3 aromatic rings. The number of likely N-dealkylation sites (N-methyl/N-ethyl adjacent to an activating group) is 1. The largest absolute Gasteiger partial charge is 0.360 e. The van der Waals surface area contributed by atoms with Crippen LogP contribution in [0, 0.1) is 0 Å². The first-order valence-electron chi connectivity index (χ1n) is 8.17. The van der Waals surface area contributed by atoms with Gasteiger partial charge in [-0.15, -0.1) is 0 Å². The molecular weight excluding hydrogens is 300 g/mol. The van der Waals surface area contributed by atoms with Crippen LogP contribution in [0.15, 0.2) is 55.0 Å². The minimum absolute atomic E-state index is 0.110. The van der Waals surface area contributed by atoms with Gasteiger partial charge >= 0.3 is 0 Å². The maximum Gasteiger partial charge on any atom is 0.256 e. The summed E-state index contributed by atoms with van der Waals surface area (Å²) in [4.78, 5) is 24.2. The zero-order chi connectivity index (χ0) is 16.5. The Balaban J connectivity index is 1.39. The fourth-order valence-electron chi connectivity index (χ4n) is 3.23. The normalized spacial score (nSPS) is 15.0. The summed E-state index contributed by atoms with van der Waals surface area (Å²) in [7, 11) is 2.10. The second-order valence-electron chi connectivity index (χ2n) is 6.39. The lowest BCUT2D eigenvalue weighted by atomic mass is 10.0. The summed E-state index contributed by atoms with van der Waals surface area (Å²) in [5.74, 6) is 0.110. The second-order valence-corrected chi connectivity index (χ2v) is 6.39. The quantitative estimate of drug-likeness (QED) is 0.804. The SMILES string of the molecule is CN(Cc1cccnc1)C1CN(C(=O)c2c[nH]c3ccccc23)C1. The maximum atomic E-state index is 12.7. The summed E-state index contributed by atoms with van der Waals surface area (Å²) in [6.07, 6.45) is 5.50. The molecule has 0 atom stereocenters. The molecule has 0 spiro atoms. The number of pyridine rings is 1. The predicted octanol–water partition coefficient (Wildman–Crippen LogP) is 2.52. The number of hydrogen-bond acceptors (Lipinski definition) is 3. The highest BCUT2D eigenvalue weighted by atomic mass is 16.2. The van der Waals surface area contributed by atoms with Crippen molar-refractivity contribution in [3.63, 3.8) is 0 Å². The van der Waals surface area contributed by atoms with Crippen molar-refractivity contribution in [2.75, 3.05) is 20.1 Å². The molecule has 0 radical (unpaired) electrons. The minimum Gasteiger partial charge on any atom is -0.360 e. The molecule has 1 fully saturated rings. The van der Waals surface area contributed by atoms with Gasteiger partial charge in [0.25, 0.3) is 5.91 Å². The van der Waals surface area contributed by atoms with E-state index >= 15 is 0 Å². The number of H-pyrrole nitrogens is 1. The average Bonchev–Trinajstić information content (AvgIpc) is 2.98. The zero-order valence-corrected chi connectivity index (χ0v) is 13.6. The number of amides is 1. The number of nitrogens with one attached hydrogen (secondary N) is 1. The number of benzene rings is 1. The standard InChI is InChI=1S/C19H20N4O/c1-22(11-14-5-4-8-20-9-14)15-12-23(13-15)19(24)17-10-21-18-7-3-2-6-16(17)18/h2-10,15,21H,11-13H2,1H3. The topological polar surface area (TPSA) is 52.2 Å². The van der Waals surface area contributed by atoms with E-state index in [1.807, 2.05) is 47.6 Å². The van der Waals surface area contributed by atoms with Crippen molar-refractivity contribution in [2.45, 2.75) is 12.6 Å². The van der Waals surface area contributed by atoms with Crippen molar-refractivity contribution >= 4 is 16.8 Å². The van der Waals surface area contributed by atoms with E-state index in [1.165, 1.54) is 5.56 Å². The molecule has 0 saturated carbocycles. The van der Waals surface area contributed by atoms with Crippen molar-refractivity contribution in [3.8, 4) is 0 Å². The van der Waals surface area contributed by atoms with Crippen LogP contribution in [-0.2, 0) is 6.54 Å². The summed E-state index contributed by atoms with van der Waals surface area (Å²) in [6.45, 7) is 2.40. The zero-order valence-electron chi connectivity index (χ0n) is 13.6. The molecule has 122 valence electrons. The number of nitrogens with zero attached hydrogens (tertiary/aromatic N) is 3. The van der Waals surface area contributed by atoms with Crippen LogP contribution < -0.4 is 0 Å². The van der Waals surface area contributed by atoms with Crippen molar-refractivity contribution in [2.24, 2.45) is 0 Å². The molecule has 5 nitrogen and oxygen atoms in total. The highest BCUT2D eigenvalue weighted by Crippen LogP contribution is 2.23. The van der Waals surface area contributed by atoms with Crippen LogP contribution in [0.5, 0.6) is 0 Å². The summed E-state index contributed by atoms with van der Waals surface area (Å²) < 4.78 is 0. The number of likely N-dealkylation sites (tertiary alicyclic amines) is 1. The summed E-state index contributed by atoms with van der Waals surface area (Å²) >= 11 is 0. The molecule has 1 saturated heterocycles. The minimum atomic E-state index is 0.110. The lowest BCUT2D eigenvalue weighted by molar-refractivity contribution is 0.0322. The van der Waals surface area contributed by atoms with Crippen molar-refractivity contribution in [1.29, 1.82) is 0 Å². The third-order valence-corrected chi connectivity index (χ3v) is 4.75. The molecule has 3 heterocycles. The van der Waals surface area contributed by atoms with Gasteiger partial charge in [0.05, 0.1) is 5.56 Å². The van der Waals surface area contributed by atoms with Crippen LogP contribution in [0.2, 0.25) is 0 Å². The van der Waals surface area contributed by atoms with Gasteiger partial charge in [0.15, 0.2) is 0 Å². The lowest BCUT2D eigenvalue weighted by Gasteiger charge is -2.44. The molecule has 1 amide bonds. The number of para-hydroxylation sites is 1.